The molecule has 1 heterocycles. The quantitative estimate of drug-likeness (QED) is 0.194. The zero-order valence-corrected chi connectivity index (χ0v) is 16.9. The molecule has 0 aliphatic rings. The molecule has 0 aliphatic carbocycles. The van der Waals surface area contributed by atoms with Gasteiger partial charge in [-0.15, -0.1) is 0 Å². The Labute approximate surface area is 174 Å². The Morgan fingerprint density at radius 3 is 2.63 bits per heavy atom. The van der Waals surface area contributed by atoms with Gasteiger partial charge in [0.25, 0.3) is 0 Å². The zero-order valence-electron chi connectivity index (χ0n) is 16.9. The van der Waals surface area contributed by atoms with E-state index < -0.39 is 0 Å². The molecule has 7 nitrogen and oxygen atoms in total. The summed E-state index contributed by atoms with van der Waals surface area (Å²) in [6.45, 7) is 2.62. The number of oxazole rings is 1. The third kappa shape index (κ3) is 4.95. The van der Waals surface area contributed by atoms with Crippen molar-refractivity contribution in [3.05, 3.63) is 78.2 Å². The van der Waals surface area contributed by atoms with E-state index in [1.54, 1.807) is 5.43 Å². The van der Waals surface area contributed by atoms with Gasteiger partial charge in [-0.05, 0) is 53.9 Å². The lowest BCUT2D eigenvalue weighted by Crippen LogP contribution is -2.18. The monoisotopic (exact) mass is 404 g/mol. The van der Waals surface area contributed by atoms with E-state index in [1.165, 1.54) is 17.5 Å². The first-order chi connectivity index (χ1) is 14.7. The lowest BCUT2D eigenvalue weighted by molar-refractivity contribution is -0.109. The second-order valence-corrected chi connectivity index (χ2v) is 6.49. The number of amides is 1. The molecule has 4 aromatic rings. The van der Waals surface area contributed by atoms with Gasteiger partial charge < -0.3 is 14.5 Å². The van der Waals surface area contributed by atoms with Crippen LogP contribution in [0.3, 0.4) is 0 Å². The number of nitrogens with zero attached hydrogens (tertiary/aromatic N) is 1. The summed E-state index contributed by atoms with van der Waals surface area (Å²) in [6, 6.07) is 20.3. The minimum atomic E-state index is 0.403. The molecule has 0 unspecified atom stereocenters. The topological polar surface area (TPSA) is 102 Å². The lowest BCUT2D eigenvalue weighted by Gasteiger charge is -2.14. The molecule has 0 saturated carbocycles. The maximum absolute atomic E-state index is 8.94. The van der Waals surface area contributed by atoms with E-state index in [2.05, 4.69) is 47.3 Å². The van der Waals surface area contributed by atoms with E-state index in [0.29, 0.717) is 13.0 Å². The molecule has 4 rings (SSSR count). The van der Waals surface area contributed by atoms with E-state index in [9.17, 15) is 0 Å². The van der Waals surface area contributed by atoms with E-state index >= 15 is 0 Å². The van der Waals surface area contributed by atoms with Gasteiger partial charge in [-0.25, -0.2) is 10.8 Å². The Balaban J connectivity index is 0.000000589. The standard InChI is InChI=1S/C22H20N2O2.CH4N2O/c1-15-5-3-8-20(23-2)19(15)13-25-18-7-4-6-16(11-18)17-9-10-22-21(12-17)24-14-26-22;2-3-1-4/h3-12,14,23H,13H2,1-2H3;1H,2H2,(H,3,4). The van der Waals surface area contributed by atoms with Crippen LogP contribution in [0.4, 0.5) is 5.69 Å². The van der Waals surface area contributed by atoms with Crippen molar-refractivity contribution >= 4 is 23.2 Å². The van der Waals surface area contributed by atoms with E-state index in [-0.39, 0.29) is 0 Å². The van der Waals surface area contributed by atoms with Crippen LogP contribution >= 0.6 is 0 Å². The molecule has 7 heteroatoms. The zero-order chi connectivity index (χ0) is 21.3. The minimum Gasteiger partial charge on any atom is -0.489 e. The van der Waals surface area contributed by atoms with E-state index in [4.69, 9.17) is 13.9 Å². The Morgan fingerprint density at radius 1 is 1.10 bits per heavy atom. The number of anilines is 1. The van der Waals surface area contributed by atoms with Crippen molar-refractivity contribution in [1.82, 2.24) is 10.4 Å². The molecule has 0 saturated heterocycles. The van der Waals surface area contributed by atoms with Gasteiger partial charge in [0.2, 0.25) is 6.41 Å². The smallest absolute Gasteiger partial charge is 0.221 e. The largest absolute Gasteiger partial charge is 0.489 e. The summed E-state index contributed by atoms with van der Waals surface area (Å²) in [7, 11) is 1.93. The van der Waals surface area contributed by atoms with Crippen molar-refractivity contribution in [2.45, 2.75) is 13.5 Å². The van der Waals surface area contributed by atoms with Gasteiger partial charge in [0.1, 0.15) is 17.9 Å². The van der Waals surface area contributed by atoms with Crippen LogP contribution in [-0.4, -0.2) is 18.4 Å². The average molecular weight is 404 g/mol. The Kier molecular flexibility index (Phi) is 7.02. The number of fused-ring (bicyclic) bond motifs is 1. The Hall–Kier alpha value is -3.84. The van der Waals surface area contributed by atoms with Crippen LogP contribution in [0.25, 0.3) is 22.2 Å². The lowest BCUT2D eigenvalue weighted by atomic mass is 10.0. The number of carbonyl (C=O) groups is 1. The van der Waals surface area contributed by atoms with Gasteiger partial charge >= 0.3 is 0 Å². The molecule has 0 fully saturated rings. The number of hydrogen-bond acceptors (Lipinski definition) is 6. The summed E-state index contributed by atoms with van der Waals surface area (Å²) < 4.78 is 11.4. The number of ether oxygens (including phenoxy) is 1. The second-order valence-electron chi connectivity index (χ2n) is 6.49. The van der Waals surface area contributed by atoms with Gasteiger partial charge in [-0.3, -0.25) is 10.2 Å². The highest BCUT2D eigenvalue weighted by Crippen LogP contribution is 2.28. The van der Waals surface area contributed by atoms with Crippen LogP contribution < -0.4 is 21.3 Å². The highest BCUT2D eigenvalue weighted by Gasteiger charge is 2.07. The number of benzene rings is 3. The predicted octanol–water partition coefficient (Wildman–Crippen LogP) is 4.03. The number of hydrogen-bond donors (Lipinski definition) is 3. The third-order valence-corrected chi connectivity index (χ3v) is 4.63. The Morgan fingerprint density at radius 2 is 1.87 bits per heavy atom. The second kappa shape index (κ2) is 10.1. The van der Waals surface area contributed by atoms with Gasteiger partial charge in [-0.1, -0.05) is 30.3 Å². The summed E-state index contributed by atoms with van der Waals surface area (Å²) in [5.41, 5.74) is 9.05. The van der Waals surface area contributed by atoms with Crippen molar-refractivity contribution in [2.24, 2.45) is 5.84 Å². The molecule has 0 atom stereocenters. The first kappa shape index (κ1) is 20.9. The molecule has 154 valence electrons. The van der Waals surface area contributed by atoms with Crippen LogP contribution in [0, 0.1) is 6.92 Å². The van der Waals surface area contributed by atoms with Crippen LogP contribution in [0.2, 0.25) is 0 Å². The van der Waals surface area contributed by atoms with Gasteiger partial charge in [0.05, 0.1) is 0 Å². The highest BCUT2D eigenvalue weighted by molar-refractivity contribution is 5.80. The third-order valence-electron chi connectivity index (χ3n) is 4.63. The molecule has 0 radical (unpaired) electrons. The van der Waals surface area contributed by atoms with Crippen LogP contribution in [0.5, 0.6) is 5.75 Å². The number of aryl methyl sites for hydroxylation is 1. The molecular weight excluding hydrogens is 380 g/mol. The maximum atomic E-state index is 8.94. The van der Waals surface area contributed by atoms with Crippen LogP contribution in [0.1, 0.15) is 11.1 Å². The number of nitrogens with one attached hydrogen (secondary N) is 2. The molecule has 30 heavy (non-hydrogen) atoms. The molecule has 1 amide bonds. The van der Waals surface area contributed by atoms with Gasteiger partial charge in [0.15, 0.2) is 12.0 Å². The highest BCUT2D eigenvalue weighted by atomic mass is 16.5. The summed E-state index contributed by atoms with van der Waals surface area (Å²) in [5, 5.41) is 3.23. The fourth-order valence-corrected chi connectivity index (χ4v) is 3.09. The predicted molar refractivity (Wildman–Crippen MR) is 118 cm³/mol. The van der Waals surface area contributed by atoms with Gasteiger partial charge in [-0.2, -0.15) is 0 Å². The van der Waals surface area contributed by atoms with Crippen molar-refractivity contribution < 1.29 is 13.9 Å². The molecule has 0 aliphatic heterocycles. The molecule has 1 aromatic heterocycles. The first-order valence-corrected chi connectivity index (χ1v) is 9.38. The Bertz CT molecular complexity index is 1120. The summed E-state index contributed by atoms with van der Waals surface area (Å²) >= 11 is 0. The fraction of sp³-hybridized carbons (Fsp3) is 0.130. The number of aromatic nitrogens is 1. The minimum absolute atomic E-state index is 0.403. The van der Waals surface area contributed by atoms with Crippen LogP contribution in [-0.2, 0) is 11.4 Å². The SMILES string of the molecule is CNc1cccc(C)c1COc1cccc(-c2ccc3ocnc3c2)c1.NNC=O. The summed E-state index contributed by atoms with van der Waals surface area (Å²) in [4.78, 5) is 13.2. The molecular formula is C23H24N4O3. The summed E-state index contributed by atoms with van der Waals surface area (Å²) in [6.07, 6.45) is 1.87. The molecule has 3 aromatic carbocycles. The van der Waals surface area contributed by atoms with Crippen molar-refractivity contribution in [3.63, 3.8) is 0 Å². The number of hydrazine groups is 1. The fourth-order valence-electron chi connectivity index (χ4n) is 3.09. The number of nitrogens with two attached hydrogens (primary N) is 1. The number of carbonyl (C=O) groups excluding carboxylic acids is 1. The number of rotatable bonds is 6. The van der Waals surface area contributed by atoms with Crippen molar-refractivity contribution in [1.29, 1.82) is 0 Å². The average Bonchev–Trinajstić information content (AvgIpc) is 3.26. The first-order valence-electron chi connectivity index (χ1n) is 9.38. The normalized spacial score (nSPS) is 10.1. The summed E-state index contributed by atoms with van der Waals surface area (Å²) in [5.74, 6) is 5.25. The van der Waals surface area contributed by atoms with Crippen molar-refractivity contribution in [3.8, 4) is 16.9 Å². The molecule has 0 spiro atoms. The van der Waals surface area contributed by atoms with Crippen molar-refractivity contribution in [2.75, 3.05) is 12.4 Å². The maximum Gasteiger partial charge on any atom is 0.221 e. The van der Waals surface area contributed by atoms with Gasteiger partial charge in [0, 0.05) is 18.3 Å². The van der Waals surface area contributed by atoms with E-state index in [1.807, 2.05) is 43.4 Å². The van der Waals surface area contributed by atoms with Crippen LogP contribution in [0.15, 0.2) is 71.5 Å². The van der Waals surface area contributed by atoms with E-state index in [0.717, 1.165) is 33.7 Å². The molecule has 0 bridgehead atoms. The molecule has 4 N–H and O–H groups in total.